The van der Waals surface area contributed by atoms with Crippen molar-refractivity contribution in [1.82, 2.24) is 25.1 Å². The molecule has 0 aromatic carbocycles. The van der Waals surface area contributed by atoms with E-state index in [2.05, 4.69) is 37.3 Å². The quantitative estimate of drug-likeness (QED) is 0.708. The molecule has 0 spiro atoms. The molecule has 10 heteroatoms. The molecule has 136 valence electrons. The minimum atomic E-state index is -0.473. The first-order valence-electron chi connectivity index (χ1n) is 8.19. The first-order valence-corrected chi connectivity index (χ1v) is 9.01. The molecule has 26 heavy (non-hydrogen) atoms. The van der Waals surface area contributed by atoms with Crippen molar-refractivity contribution in [2.45, 2.75) is 19.4 Å². The van der Waals surface area contributed by atoms with Crippen molar-refractivity contribution in [2.75, 3.05) is 30.5 Å². The number of rotatable bonds is 5. The summed E-state index contributed by atoms with van der Waals surface area (Å²) in [5.41, 5.74) is 1.86. The highest BCUT2D eigenvalue weighted by molar-refractivity contribution is 7.16. The van der Waals surface area contributed by atoms with Crippen molar-refractivity contribution in [3.63, 3.8) is 0 Å². The predicted octanol–water partition coefficient (Wildman–Crippen LogP) is 2.60. The van der Waals surface area contributed by atoms with Gasteiger partial charge in [0.25, 0.3) is 0 Å². The lowest BCUT2D eigenvalue weighted by molar-refractivity contribution is 0.181. The molecule has 4 rings (SSSR count). The number of aromatic nitrogens is 5. The maximum atomic E-state index is 13.0. The molecule has 0 aliphatic carbocycles. The van der Waals surface area contributed by atoms with E-state index < -0.39 is 5.82 Å². The van der Waals surface area contributed by atoms with Crippen molar-refractivity contribution in [3.05, 3.63) is 29.3 Å². The van der Waals surface area contributed by atoms with E-state index in [4.69, 9.17) is 9.72 Å². The molecule has 0 amide bonds. The molecule has 0 bridgehead atoms. The Balaban J connectivity index is 1.64. The summed E-state index contributed by atoms with van der Waals surface area (Å²) in [7, 11) is 1.70. The Morgan fingerprint density at radius 2 is 2.19 bits per heavy atom. The van der Waals surface area contributed by atoms with Crippen LogP contribution in [0.25, 0.3) is 11.3 Å². The van der Waals surface area contributed by atoms with E-state index in [0.717, 1.165) is 47.3 Å². The molecule has 0 unspecified atom stereocenters. The molecule has 0 saturated carbocycles. The van der Waals surface area contributed by atoms with E-state index in [1.54, 1.807) is 24.6 Å². The zero-order valence-corrected chi connectivity index (χ0v) is 15.2. The third kappa shape index (κ3) is 3.13. The number of H-pyrrole nitrogens is 1. The van der Waals surface area contributed by atoms with Crippen LogP contribution in [0.4, 0.5) is 21.3 Å². The van der Waals surface area contributed by atoms with Crippen molar-refractivity contribution < 1.29 is 9.13 Å². The molecule has 1 aliphatic rings. The minimum Gasteiger partial charge on any atom is -0.383 e. The molecule has 3 aromatic rings. The van der Waals surface area contributed by atoms with Gasteiger partial charge in [-0.05, 0) is 6.92 Å². The van der Waals surface area contributed by atoms with Crippen molar-refractivity contribution in [2.24, 2.45) is 0 Å². The van der Waals surface area contributed by atoms with Crippen molar-refractivity contribution in [1.29, 1.82) is 0 Å². The highest BCUT2D eigenvalue weighted by Crippen LogP contribution is 2.39. The summed E-state index contributed by atoms with van der Waals surface area (Å²) in [5, 5.41) is 11.0. The summed E-state index contributed by atoms with van der Waals surface area (Å²) >= 11 is 1.55. The molecule has 0 fully saturated rings. The normalized spacial score (nSPS) is 14.5. The lowest BCUT2D eigenvalue weighted by Crippen LogP contribution is -2.37. The Kier molecular flexibility index (Phi) is 4.51. The summed E-state index contributed by atoms with van der Waals surface area (Å²) in [6.07, 6.45) is 4.90. The summed E-state index contributed by atoms with van der Waals surface area (Å²) in [6, 6.07) is 0.221. The first kappa shape index (κ1) is 16.9. The second-order valence-corrected chi connectivity index (χ2v) is 7.10. The summed E-state index contributed by atoms with van der Waals surface area (Å²) in [6.45, 7) is 3.59. The van der Waals surface area contributed by atoms with E-state index in [1.807, 2.05) is 0 Å². The fourth-order valence-electron chi connectivity index (χ4n) is 3.03. The van der Waals surface area contributed by atoms with Gasteiger partial charge in [0, 0.05) is 25.0 Å². The van der Waals surface area contributed by atoms with Crippen LogP contribution >= 0.6 is 11.3 Å². The van der Waals surface area contributed by atoms with Crippen LogP contribution < -0.4 is 10.2 Å². The summed E-state index contributed by atoms with van der Waals surface area (Å²) in [4.78, 5) is 15.9. The molecule has 1 atom stereocenters. The van der Waals surface area contributed by atoms with E-state index in [1.165, 1.54) is 0 Å². The fourth-order valence-corrected chi connectivity index (χ4v) is 3.99. The number of fused-ring (bicyclic) bond motifs is 3. The number of hydrogen-bond donors (Lipinski definition) is 2. The number of ether oxygens (including phenoxy) is 1. The molecule has 8 nitrogen and oxygen atoms in total. The van der Waals surface area contributed by atoms with Gasteiger partial charge < -0.3 is 15.0 Å². The fraction of sp³-hybridized carbons (Fsp3) is 0.375. The number of nitrogens with one attached hydrogen (secondary N) is 2. The predicted molar refractivity (Wildman–Crippen MR) is 97.4 cm³/mol. The lowest BCUT2D eigenvalue weighted by atomic mass is 10.2. The maximum Gasteiger partial charge on any atom is 0.229 e. The van der Waals surface area contributed by atoms with Gasteiger partial charge in [0.1, 0.15) is 5.82 Å². The molecule has 3 aromatic heterocycles. The molecular weight excluding hydrogens is 357 g/mol. The van der Waals surface area contributed by atoms with Gasteiger partial charge in [0.15, 0.2) is 10.9 Å². The van der Waals surface area contributed by atoms with E-state index >= 15 is 0 Å². The molecular formula is C16H18FN7OS. The SMILES string of the molecule is COC[C@H](C)N1CCc2sc(Nc3ncc(F)cn3)nc2-c2cn[nH]c21. The Morgan fingerprint density at radius 3 is 2.96 bits per heavy atom. The number of aromatic amines is 1. The van der Waals surface area contributed by atoms with Gasteiger partial charge in [0.05, 0.1) is 42.5 Å². The topological polar surface area (TPSA) is 91.8 Å². The number of methoxy groups -OCH3 is 1. The Labute approximate surface area is 153 Å². The van der Waals surface area contributed by atoms with Gasteiger partial charge in [-0.1, -0.05) is 0 Å². The van der Waals surface area contributed by atoms with Crippen LogP contribution in [-0.4, -0.2) is 51.5 Å². The highest BCUT2D eigenvalue weighted by Gasteiger charge is 2.27. The lowest BCUT2D eigenvalue weighted by Gasteiger charge is -2.28. The molecule has 0 radical (unpaired) electrons. The Morgan fingerprint density at radius 1 is 1.38 bits per heavy atom. The molecule has 1 aliphatic heterocycles. The number of anilines is 3. The zero-order valence-electron chi connectivity index (χ0n) is 14.4. The number of halogens is 1. The van der Waals surface area contributed by atoms with Gasteiger partial charge >= 0.3 is 0 Å². The van der Waals surface area contributed by atoms with Crippen molar-refractivity contribution in [3.8, 4) is 11.3 Å². The van der Waals surface area contributed by atoms with Gasteiger partial charge in [-0.3, -0.25) is 5.10 Å². The van der Waals surface area contributed by atoms with Crippen LogP contribution in [0.3, 0.4) is 0 Å². The number of hydrogen-bond acceptors (Lipinski definition) is 8. The van der Waals surface area contributed by atoms with E-state index in [9.17, 15) is 4.39 Å². The first-order chi connectivity index (χ1) is 12.7. The van der Waals surface area contributed by atoms with E-state index in [0.29, 0.717) is 17.7 Å². The van der Waals surface area contributed by atoms with Crippen molar-refractivity contribution >= 4 is 28.2 Å². The number of nitrogens with zero attached hydrogens (tertiary/aromatic N) is 5. The smallest absolute Gasteiger partial charge is 0.229 e. The average molecular weight is 375 g/mol. The van der Waals surface area contributed by atoms with Crippen LogP contribution in [0.1, 0.15) is 11.8 Å². The van der Waals surface area contributed by atoms with Crippen LogP contribution in [-0.2, 0) is 11.2 Å². The Hall–Kier alpha value is -2.59. The standard InChI is InChI=1S/C16H18FN7OS/c1-9(8-25-2)24-4-3-12-13(11-7-20-23-14(11)24)21-16(26-12)22-15-18-5-10(17)6-19-15/h5-7,9H,3-4,8H2,1-2H3,(H,20,23)(H,18,19,21,22)/t9-/m0/s1. The molecule has 0 saturated heterocycles. The van der Waals surface area contributed by atoms with Crippen LogP contribution in [0.5, 0.6) is 0 Å². The second-order valence-electron chi connectivity index (χ2n) is 6.02. The van der Waals surface area contributed by atoms with Gasteiger partial charge in [0.2, 0.25) is 5.95 Å². The average Bonchev–Trinajstić information content (AvgIpc) is 3.22. The zero-order chi connectivity index (χ0) is 18.1. The van der Waals surface area contributed by atoms with Gasteiger partial charge in [-0.25, -0.2) is 19.3 Å². The third-order valence-corrected chi connectivity index (χ3v) is 5.25. The van der Waals surface area contributed by atoms with Crippen LogP contribution in [0, 0.1) is 5.82 Å². The third-order valence-electron chi connectivity index (χ3n) is 4.22. The number of thiazole rings is 1. The second kappa shape index (κ2) is 6.96. The molecule has 2 N–H and O–H groups in total. The van der Waals surface area contributed by atoms with E-state index in [-0.39, 0.29) is 6.04 Å². The minimum absolute atomic E-state index is 0.221. The highest BCUT2D eigenvalue weighted by atomic mass is 32.1. The monoisotopic (exact) mass is 375 g/mol. The largest absolute Gasteiger partial charge is 0.383 e. The van der Waals surface area contributed by atoms with Gasteiger partial charge in [-0.2, -0.15) is 5.10 Å². The van der Waals surface area contributed by atoms with Crippen LogP contribution in [0.15, 0.2) is 18.6 Å². The Bertz CT molecular complexity index is 894. The van der Waals surface area contributed by atoms with Gasteiger partial charge in [-0.15, -0.1) is 11.3 Å². The van der Waals surface area contributed by atoms with Crippen LogP contribution in [0.2, 0.25) is 0 Å². The summed E-state index contributed by atoms with van der Waals surface area (Å²) < 4.78 is 18.3. The maximum absolute atomic E-state index is 13.0. The summed E-state index contributed by atoms with van der Waals surface area (Å²) in [5.74, 6) is 0.792. The molecule has 4 heterocycles.